The zero-order valence-electron chi connectivity index (χ0n) is 12.8. The first-order chi connectivity index (χ1) is 9.29. The van der Waals surface area contributed by atoms with E-state index in [1.807, 2.05) is 0 Å². The second-order valence-corrected chi connectivity index (χ2v) is 6.22. The Balaban J connectivity index is 2.09. The summed E-state index contributed by atoms with van der Waals surface area (Å²) < 4.78 is 0. The van der Waals surface area contributed by atoms with Crippen LogP contribution in [0.4, 0.5) is 0 Å². The van der Waals surface area contributed by atoms with E-state index >= 15 is 0 Å². The summed E-state index contributed by atoms with van der Waals surface area (Å²) in [4.78, 5) is 12.2. The fourth-order valence-electron chi connectivity index (χ4n) is 3.36. The molecule has 19 heavy (non-hydrogen) atoms. The minimum absolute atomic E-state index is 0.291. The lowest BCUT2D eigenvalue weighted by atomic mass is 9.76. The van der Waals surface area contributed by atoms with Gasteiger partial charge in [-0.15, -0.1) is 0 Å². The minimum atomic E-state index is 0.291. The molecule has 1 fully saturated rings. The Bertz CT molecular complexity index is 239. The average molecular weight is 267 g/mol. The van der Waals surface area contributed by atoms with Crippen LogP contribution in [0.25, 0.3) is 0 Å². The monoisotopic (exact) mass is 267 g/mol. The fraction of sp³-hybridized carbons (Fsp3) is 0.941. The molecular formula is C17H33NO. The molecule has 112 valence electrons. The van der Waals surface area contributed by atoms with Gasteiger partial charge in [0.1, 0.15) is 5.78 Å². The molecule has 0 aliphatic heterocycles. The smallest absolute Gasteiger partial charge is 0.136 e. The third-order valence-electron chi connectivity index (χ3n) is 4.65. The van der Waals surface area contributed by atoms with Gasteiger partial charge in [-0.2, -0.15) is 0 Å². The van der Waals surface area contributed by atoms with Crippen LogP contribution in [0.1, 0.15) is 84.0 Å². The molecule has 0 aromatic heterocycles. The molecule has 0 amide bonds. The topological polar surface area (TPSA) is 43.1 Å². The minimum Gasteiger partial charge on any atom is -0.330 e. The van der Waals surface area contributed by atoms with Crippen molar-refractivity contribution in [3.8, 4) is 0 Å². The van der Waals surface area contributed by atoms with Crippen LogP contribution in [0.15, 0.2) is 0 Å². The van der Waals surface area contributed by atoms with Gasteiger partial charge in [-0.05, 0) is 31.7 Å². The van der Waals surface area contributed by atoms with Gasteiger partial charge in [-0.3, -0.25) is 4.79 Å². The molecule has 0 aromatic carbocycles. The van der Waals surface area contributed by atoms with Crippen LogP contribution in [0.5, 0.6) is 0 Å². The number of carbonyl (C=O) groups is 1. The van der Waals surface area contributed by atoms with Gasteiger partial charge in [0.15, 0.2) is 0 Å². The first-order valence-corrected chi connectivity index (χ1v) is 8.52. The Morgan fingerprint density at radius 3 is 2.32 bits per heavy atom. The van der Waals surface area contributed by atoms with Crippen LogP contribution in [-0.4, -0.2) is 12.3 Å². The standard InChI is InChI=1S/C17H33NO/c1-2-3-4-5-6-7-8-13-17(19)16-12-10-9-11-15(16)14-18/h15-16H,2-14,18H2,1H3. The first kappa shape index (κ1) is 16.7. The first-order valence-electron chi connectivity index (χ1n) is 8.52. The van der Waals surface area contributed by atoms with Crippen molar-refractivity contribution in [2.45, 2.75) is 84.0 Å². The highest BCUT2D eigenvalue weighted by molar-refractivity contribution is 5.81. The molecule has 1 rings (SSSR count). The van der Waals surface area contributed by atoms with Crippen LogP contribution in [0.2, 0.25) is 0 Å². The van der Waals surface area contributed by atoms with Crippen molar-refractivity contribution in [2.24, 2.45) is 17.6 Å². The van der Waals surface area contributed by atoms with Gasteiger partial charge in [-0.25, -0.2) is 0 Å². The van der Waals surface area contributed by atoms with E-state index in [-0.39, 0.29) is 0 Å². The SMILES string of the molecule is CCCCCCCCCC(=O)C1CCCCC1CN. The number of ketones is 1. The predicted octanol–water partition coefficient (Wildman–Crippen LogP) is 4.46. The van der Waals surface area contributed by atoms with Crippen molar-refractivity contribution in [1.29, 1.82) is 0 Å². The Hall–Kier alpha value is -0.370. The van der Waals surface area contributed by atoms with Gasteiger partial charge < -0.3 is 5.73 Å². The van der Waals surface area contributed by atoms with Gasteiger partial charge in [0.25, 0.3) is 0 Å². The lowest BCUT2D eigenvalue weighted by Gasteiger charge is -2.29. The van der Waals surface area contributed by atoms with E-state index in [4.69, 9.17) is 5.73 Å². The lowest BCUT2D eigenvalue weighted by Crippen LogP contribution is -2.32. The van der Waals surface area contributed by atoms with Gasteiger partial charge >= 0.3 is 0 Å². The number of hydrogen-bond donors (Lipinski definition) is 1. The Kier molecular flexibility index (Phi) is 9.15. The van der Waals surface area contributed by atoms with Crippen molar-refractivity contribution < 1.29 is 4.79 Å². The molecule has 0 spiro atoms. The van der Waals surface area contributed by atoms with Crippen LogP contribution >= 0.6 is 0 Å². The van der Waals surface area contributed by atoms with E-state index in [2.05, 4.69) is 6.92 Å². The molecule has 2 nitrogen and oxygen atoms in total. The maximum absolute atomic E-state index is 12.2. The summed E-state index contributed by atoms with van der Waals surface area (Å²) in [5.74, 6) is 1.27. The maximum Gasteiger partial charge on any atom is 0.136 e. The van der Waals surface area contributed by atoms with Crippen molar-refractivity contribution in [3.05, 3.63) is 0 Å². The molecule has 1 aliphatic rings. The highest BCUT2D eigenvalue weighted by Gasteiger charge is 2.28. The molecule has 1 aliphatic carbocycles. The van der Waals surface area contributed by atoms with E-state index in [0.29, 0.717) is 24.2 Å². The molecule has 2 heteroatoms. The third-order valence-corrected chi connectivity index (χ3v) is 4.65. The average Bonchev–Trinajstić information content (AvgIpc) is 2.46. The normalized spacial score (nSPS) is 23.5. The molecule has 2 unspecified atom stereocenters. The van der Waals surface area contributed by atoms with Crippen molar-refractivity contribution in [1.82, 2.24) is 0 Å². The second kappa shape index (κ2) is 10.4. The summed E-state index contributed by atoms with van der Waals surface area (Å²) in [5.41, 5.74) is 5.80. The summed E-state index contributed by atoms with van der Waals surface area (Å²) in [6.07, 6.45) is 14.6. The van der Waals surface area contributed by atoms with Crippen LogP contribution in [-0.2, 0) is 4.79 Å². The molecule has 2 N–H and O–H groups in total. The maximum atomic E-state index is 12.2. The Labute approximate surface area is 119 Å². The van der Waals surface area contributed by atoms with Crippen LogP contribution < -0.4 is 5.73 Å². The highest BCUT2D eigenvalue weighted by atomic mass is 16.1. The molecule has 2 atom stereocenters. The van der Waals surface area contributed by atoms with E-state index in [0.717, 1.165) is 19.3 Å². The summed E-state index contributed by atoms with van der Waals surface area (Å²) in [6.45, 7) is 2.95. The fourth-order valence-corrected chi connectivity index (χ4v) is 3.36. The molecule has 0 saturated heterocycles. The number of nitrogens with two attached hydrogens (primary N) is 1. The number of hydrogen-bond acceptors (Lipinski definition) is 2. The molecule has 0 bridgehead atoms. The molecule has 0 heterocycles. The third kappa shape index (κ3) is 6.56. The van der Waals surface area contributed by atoms with Crippen molar-refractivity contribution >= 4 is 5.78 Å². The van der Waals surface area contributed by atoms with E-state index in [9.17, 15) is 4.79 Å². The van der Waals surface area contributed by atoms with Crippen LogP contribution in [0.3, 0.4) is 0 Å². The number of Topliss-reactive ketones (excluding diaryl/α,β-unsaturated/α-hetero) is 1. The second-order valence-electron chi connectivity index (χ2n) is 6.22. The van der Waals surface area contributed by atoms with E-state index in [1.165, 1.54) is 57.8 Å². The summed E-state index contributed by atoms with van der Waals surface area (Å²) >= 11 is 0. The van der Waals surface area contributed by atoms with Crippen molar-refractivity contribution in [2.75, 3.05) is 6.54 Å². The zero-order chi connectivity index (χ0) is 13.9. The van der Waals surface area contributed by atoms with Crippen molar-refractivity contribution in [3.63, 3.8) is 0 Å². The summed E-state index contributed by atoms with van der Waals surface area (Å²) in [7, 11) is 0. The number of rotatable bonds is 10. The lowest BCUT2D eigenvalue weighted by molar-refractivity contribution is -0.125. The number of unbranched alkanes of at least 4 members (excludes halogenated alkanes) is 6. The molecule has 0 radical (unpaired) electrons. The largest absolute Gasteiger partial charge is 0.330 e. The summed E-state index contributed by atoms with van der Waals surface area (Å²) in [5, 5.41) is 0. The van der Waals surface area contributed by atoms with E-state index < -0.39 is 0 Å². The quantitative estimate of drug-likeness (QED) is 0.594. The van der Waals surface area contributed by atoms with Gasteiger partial charge in [0.2, 0.25) is 0 Å². The van der Waals surface area contributed by atoms with E-state index in [1.54, 1.807) is 0 Å². The van der Waals surface area contributed by atoms with Gasteiger partial charge in [-0.1, -0.05) is 58.3 Å². The predicted molar refractivity (Wildman–Crippen MR) is 82.1 cm³/mol. The van der Waals surface area contributed by atoms with Gasteiger partial charge in [0.05, 0.1) is 0 Å². The molecule has 0 aromatic rings. The Morgan fingerprint density at radius 2 is 1.63 bits per heavy atom. The highest BCUT2D eigenvalue weighted by Crippen LogP contribution is 2.31. The number of carbonyl (C=O) groups excluding carboxylic acids is 1. The van der Waals surface area contributed by atoms with Gasteiger partial charge in [0, 0.05) is 12.3 Å². The molecular weight excluding hydrogens is 234 g/mol. The van der Waals surface area contributed by atoms with Crippen LogP contribution in [0, 0.1) is 11.8 Å². The molecule has 1 saturated carbocycles. The Morgan fingerprint density at radius 1 is 1.00 bits per heavy atom. The summed E-state index contributed by atoms with van der Waals surface area (Å²) in [6, 6.07) is 0. The zero-order valence-corrected chi connectivity index (χ0v) is 12.8.